The number of methoxy groups -OCH3 is 1. The molecular formula is C19H14ClFN2O3S. The van der Waals surface area contributed by atoms with E-state index < -0.39 is 17.7 Å². The van der Waals surface area contributed by atoms with Gasteiger partial charge in [-0.15, -0.1) is 0 Å². The first kappa shape index (κ1) is 19.0. The maximum absolute atomic E-state index is 14.2. The highest BCUT2D eigenvalue weighted by molar-refractivity contribution is 7.16. The molecule has 27 heavy (non-hydrogen) atoms. The maximum Gasteiger partial charge on any atom is 0.325 e. The molecule has 3 aromatic rings. The van der Waals surface area contributed by atoms with E-state index >= 15 is 0 Å². The average Bonchev–Trinajstić information content (AvgIpc) is 2.99. The van der Waals surface area contributed by atoms with Crippen molar-refractivity contribution in [1.29, 1.82) is 0 Å². The molecule has 0 unspecified atom stereocenters. The zero-order chi connectivity index (χ0) is 19.4. The van der Waals surface area contributed by atoms with E-state index in [0.717, 1.165) is 11.3 Å². The Morgan fingerprint density at radius 1 is 1.26 bits per heavy atom. The van der Waals surface area contributed by atoms with E-state index in [9.17, 15) is 14.0 Å². The zero-order valence-electron chi connectivity index (χ0n) is 14.2. The fourth-order valence-electron chi connectivity index (χ4n) is 2.42. The summed E-state index contributed by atoms with van der Waals surface area (Å²) in [5.74, 6) is -1.63. The third-order valence-corrected chi connectivity index (χ3v) is 5.07. The summed E-state index contributed by atoms with van der Waals surface area (Å²) < 4.78 is 20.8. The number of thiazole rings is 1. The number of hydrogen-bond acceptors (Lipinski definition) is 4. The number of ether oxygens (including phenoxy) is 1. The largest absolute Gasteiger partial charge is 0.468 e. The Balaban J connectivity index is 2.03. The molecule has 0 saturated carbocycles. The molecule has 0 bridgehead atoms. The van der Waals surface area contributed by atoms with Crippen LogP contribution in [0.25, 0.3) is 16.3 Å². The van der Waals surface area contributed by atoms with Crippen molar-refractivity contribution in [2.24, 2.45) is 4.99 Å². The topological polar surface area (TPSA) is 60.7 Å². The summed E-state index contributed by atoms with van der Waals surface area (Å²) in [5, 5.41) is 0.506. The fraction of sp³-hybridized carbons (Fsp3) is 0.105. The van der Waals surface area contributed by atoms with E-state index in [0.29, 0.717) is 15.3 Å². The number of halogens is 2. The van der Waals surface area contributed by atoms with Gasteiger partial charge >= 0.3 is 5.97 Å². The van der Waals surface area contributed by atoms with Gasteiger partial charge in [-0.2, -0.15) is 4.99 Å². The van der Waals surface area contributed by atoms with Gasteiger partial charge in [-0.3, -0.25) is 9.59 Å². The summed E-state index contributed by atoms with van der Waals surface area (Å²) in [6, 6.07) is 11.6. The van der Waals surface area contributed by atoms with Gasteiger partial charge in [0.1, 0.15) is 12.4 Å². The van der Waals surface area contributed by atoms with Gasteiger partial charge in [-0.05, 0) is 29.8 Å². The van der Waals surface area contributed by atoms with E-state index in [-0.39, 0.29) is 16.9 Å². The Labute approximate surface area is 163 Å². The first-order valence-electron chi connectivity index (χ1n) is 7.85. The van der Waals surface area contributed by atoms with E-state index in [1.165, 1.54) is 23.8 Å². The second kappa shape index (κ2) is 8.28. The van der Waals surface area contributed by atoms with Crippen LogP contribution in [0.15, 0.2) is 53.5 Å². The Morgan fingerprint density at radius 2 is 2.04 bits per heavy atom. The normalized spacial score (nSPS) is 12.0. The van der Waals surface area contributed by atoms with Crippen LogP contribution in [-0.2, 0) is 20.9 Å². The smallest absolute Gasteiger partial charge is 0.325 e. The van der Waals surface area contributed by atoms with Crippen molar-refractivity contribution in [3.05, 3.63) is 69.7 Å². The summed E-state index contributed by atoms with van der Waals surface area (Å²) in [7, 11) is 1.24. The number of esters is 1. The SMILES string of the molecule is COC(=O)Cn1c(=NC(=O)C=Cc2ccccc2Cl)sc2cccc(F)c21. The number of fused-ring (bicyclic) bond motifs is 1. The van der Waals surface area contributed by atoms with Crippen LogP contribution in [-0.4, -0.2) is 23.6 Å². The minimum absolute atomic E-state index is 0.203. The van der Waals surface area contributed by atoms with Gasteiger partial charge in [0.05, 0.1) is 17.3 Å². The lowest BCUT2D eigenvalue weighted by Gasteiger charge is -2.03. The van der Waals surface area contributed by atoms with Crippen molar-refractivity contribution in [2.45, 2.75) is 6.54 Å². The van der Waals surface area contributed by atoms with Crippen molar-refractivity contribution in [2.75, 3.05) is 7.11 Å². The van der Waals surface area contributed by atoms with Crippen LogP contribution < -0.4 is 4.80 Å². The molecule has 1 heterocycles. The Hall–Kier alpha value is -2.77. The van der Waals surface area contributed by atoms with Crippen LogP contribution in [0.3, 0.4) is 0 Å². The molecule has 0 spiro atoms. The molecule has 0 saturated heterocycles. The van der Waals surface area contributed by atoms with E-state index in [2.05, 4.69) is 9.73 Å². The molecule has 0 radical (unpaired) electrons. The molecule has 0 aliphatic carbocycles. The molecule has 0 atom stereocenters. The van der Waals surface area contributed by atoms with Crippen LogP contribution >= 0.6 is 22.9 Å². The molecule has 5 nitrogen and oxygen atoms in total. The number of rotatable bonds is 4. The number of aromatic nitrogens is 1. The summed E-state index contributed by atoms with van der Waals surface area (Å²) in [5.41, 5.74) is 0.877. The van der Waals surface area contributed by atoms with Crippen molar-refractivity contribution in [1.82, 2.24) is 4.57 Å². The maximum atomic E-state index is 14.2. The predicted molar refractivity (Wildman–Crippen MR) is 103 cm³/mol. The van der Waals surface area contributed by atoms with Crippen LogP contribution in [0.1, 0.15) is 5.56 Å². The molecule has 8 heteroatoms. The highest BCUT2D eigenvalue weighted by Crippen LogP contribution is 2.20. The van der Waals surface area contributed by atoms with Crippen molar-refractivity contribution in [3.63, 3.8) is 0 Å². The minimum Gasteiger partial charge on any atom is -0.468 e. The molecule has 0 fully saturated rings. The number of nitrogens with zero attached hydrogens (tertiary/aromatic N) is 2. The van der Waals surface area contributed by atoms with E-state index in [4.69, 9.17) is 11.6 Å². The van der Waals surface area contributed by atoms with Gasteiger partial charge < -0.3 is 9.30 Å². The number of benzene rings is 2. The average molecular weight is 405 g/mol. The lowest BCUT2D eigenvalue weighted by molar-refractivity contribution is -0.141. The third-order valence-electron chi connectivity index (χ3n) is 3.68. The highest BCUT2D eigenvalue weighted by atomic mass is 35.5. The molecule has 0 N–H and O–H groups in total. The molecular weight excluding hydrogens is 391 g/mol. The van der Waals surface area contributed by atoms with E-state index in [1.54, 1.807) is 42.5 Å². The van der Waals surface area contributed by atoms with Crippen LogP contribution in [0, 0.1) is 5.82 Å². The summed E-state index contributed by atoms with van der Waals surface area (Å²) in [6.45, 7) is -0.252. The van der Waals surface area contributed by atoms with Crippen molar-refractivity contribution < 1.29 is 18.7 Å². The molecule has 1 amide bonds. The molecule has 138 valence electrons. The number of para-hydroxylation sites is 1. The van der Waals surface area contributed by atoms with E-state index in [1.807, 2.05) is 0 Å². The minimum atomic E-state index is -0.571. The first-order chi connectivity index (χ1) is 13.0. The molecule has 0 aliphatic rings. The van der Waals surface area contributed by atoms with Crippen LogP contribution in [0.4, 0.5) is 4.39 Å². The van der Waals surface area contributed by atoms with Gasteiger partial charge in [0.2, 0.25) is 0 Å². The Kier molecular flexibility index (Phi) is 5.83. The second-order valence-corrected chi connectivity index (χ2v) is 6.85. The van der Waals surface area contributed by atoms with Crippen molar-refractivity contribution in [3.8, 4) is 0 Å². The number of carbonyl (C=O) groups excluding carboxylic acids is 2. The standard InChI is InChI=1S/C19H14ClFN2O3S/c1-26-17(25)11-23-18-14(21)7-4-8-15(18)27-19(23)22-16(24)10-9-12-5-2-3-6-13(12)20/h2-10H,11H2,1H3. The molecule has 2 aromatic carbocycles. The van der Waals surface area contributed by atoms with Gasteiger partial charge in [-0.25, -0.2) is 4.39 Å². The summed E-state index contributed by atoms with van der Waals surface area (Å²) in [4.78, 5) is 28.2. The highest BCUT2D eigenvalue weighted by Gasteiger charge is 2.14. The number of hydrogen-bond donors (Lipinski definition) is 0. The number of carbonyl (C=O) groups is 2. The van der Waals surface area contributed by atoms with Gasteiger partial charge in [-0.1, -0.05) is 47.2 Å². The van der Waals surface area contributed by atoms with Crippen molar-refractivity contribution >= 4 is 51.1 Å². The molecule has 3 rings (SSSR count). The zero-order valence-corrected chi connectivity index (χ0v) is 15.8. The van der Waals surface area contributed by atoms with Crippen LogP contribution in [0.5, 0.6) is 0 Å². The number of amides is 1. The Bertz CT molecular complexity index is 1120. The molecule has 0 aliphatic heterocycles. The first-order valence-corrected chi connectivity index (χ1v) is 9.05. The summed E-state index contributed by atoms with van der Waals surface area (Å²) >= 11 is 7.16. The van der Waals surface area contributed by atoms with Gasteiger partial charge in [0.25, 0.3) is 5.91 Å². The lowest BCUT2D eigenvalue weighted by atomic mass is 10.2. The van der Waals surface area contributed by atoms with Gasteiger partial charge in [0.15, 0.2) is 4.80 Å². The Morgan fingerprint density at radius 3 is 2.78 bits per heavy atom. The van der Waals surface area contributed by atoms with Gasteiger partial charge in [0, 0.05) is 11.1 Å². The van der Waals surface area contributed by atoms with Crippen LogP contribution in [0.2, 0.25) is 5.02 Å². The third kappa shape index (κ3) is 4.32. The molecule has 1 aromatic heterocycles. The lowest BCUT2D eigenvalue weighted by Crippen LogP contribution is -2.22. The second-order valence-electron chi connectivity index (χ2n) is 5.44. The predicted octanol–water partition coefficient (Wildman–Crippen LogP) is 3.81. The fourth-order valence-corrected chi connectivity index (χ4v) is 3.66. The monoisotopic (exact) mass is 404 g/mol. The quantitative estimate of drug-likeness (QED) is 0.490. The summed E-state index contributed by atoms with van der Waals surface area (Å²) in [6.07, 6.45) is 2.82.